The van der Waals surface area contributed by atoms with Crippen molar-refractivity contribution in [3.63, 3.8) is 0 Å². The van der Waals surface area contributed by atoms with Crippen molar-refractivity contribution >= 4 is 23.3 Å². The van der Waals surface area contributed by atoms with E-state index in [0.29, 0.717) is 29.6 Å². The highest BCUT2D eigenvalue weighted by Crippen LogP contribution is 2.17. The molecule has 122 valence electrons. The molecule has 5 nitrogen and oxygen atoms in total. The Morgan fingerprint density at radius 3 is 2.61 bits per heavy atom. The Morgan fingerprint density at radius 2 is 1.91 bits per heavy atom. The van der Waals surface area contributed by atoms with Crippen molar-refractivity contribution in [2.45, 2.75) is 0 Å². The second-order valence-corrected chi connectivity index (χ2v) is 5.32. The van der Waals surface area contributed by atoms with Crippen LogP contribution in [0.2, 0.25) is 5.02 Å². The molecule has 2 amide bonds. The van der Waals surface area contributed by atoms with Crippen molar-refractivity contribution in [2.75, 3.05) is 32.6 Å². The largest absolute Gasteiger partial charge is 0.497 e. The van der Waals surface area contributed by atoms with E-state index in [2.05, 4.69) is 5.32 Å². The molecule has 0 aliphatic rings. The number of nitrogens with one attached hydrogen (secondary N) is 1. The number of ether oxygens (including phenoxy) is 2. The number of anilines is 1. The fourth-order valence-electron chi connectivity index (χ4n) is 1.85. The zero-order valence-electron chi connectivity index (χ0n) is 13.1. The molecule has 0 saturated carbocycles. The van der Waals surface area contributed by atoms with Gasteiger partial charge in [-0.3, -0.25) is 0 Å². The zero-order valence-corrected chi connectivity index (χ0v) is 13.8. The highest BCUT2D eigenvalue weighted by atomic mass is 35.5. The fourth-order valence-corrected chi connectivity index (χ4v) is 1.98. The van der Waals surface area contributed by atoms with E-state index in [9.17, 15) is 4.79 Å². The molecule has 0 saturated heterocycles. The second-order valence-electron chi connectivity index (χ2n) is 4.89. The van der Waals surface area contributed by atoms with Gasteiger partial charge in [-0.1, -0.05) is 17.7 Å². The van der Waals surface area contributed by atoms with E-state index in [4.69, 9.17) is 21.1 Å². The van der Waals surface area contributed by atoms with Gasteiger partial charge in [-0.15, -0.1) is 0 Å². The number of methoxy groups -OCH3 is 1. The van der Waals surface area contributed by atoms with E-state index in [-0.39, 0.29) is 6.03 Å². The number of urea groups is 1. The van der Waals surface area contributed by atoms with Gasteiger partial charge < -0.3 is 19.7 Å². The topological polar surface area (TPSA) is 50.8 Å². The van der Waals surface area contributed by atoms with Crippen LogP contribution in [0, 0.1) is 0 Å². The van der Waals surface area contributed by atoms with Crippen LogP contribution in [0.3, 0.4) is 0 Å². The molecular weight excluding hydrogens is 316 g/mol. The molecule has 1 N–H and O–H groups in total. The van der Waals surface area contributed by atoms with Gasteiger partial charge in [0.05, 0.1) is 13.7 Å². The number of benzene rings is 2. The first-order chi connectivity index (χ1) is 11.1. The van der Waals surface area contributed by atoms with Gasteiger partial charge >= 0.3 is 6.03 Å². The Bertz CT molecular complexity index is 647. The molecule has 0 unspecified atom stereocenters. The number of nitrogens with zero attached hydrogens (tertiary/aromatic N) is 1. The summed E-state index contributed by atoms with van der Waals surface area (Å²) in [7, 11) is 3.29. The molecule has 0 bridgehead atoms. The standard InChI is InChI=1S/C17H19ClN2O3/c1-20(10-11-23-15-8-6-13(18)7-9-15)17(21)19-14-4-3-5-16(12-14)22-2/h3-9,12H,10-11H2,1-2H3,(H,19,21). The van der Waals surface area contributed by atoms with Crippen LogP contribution >= 0.6 is 11.6 Å². The summed E-state index contributed by atoms with van der Waals surface area (Å²) in [5, 5.41) is 3.47. The SMILES string of the molecule is COc1cccc(NC(=O)N(C)CCOc2ccc(Cl)cc2)c1. The van der Waals surface area contributed by atoms with Gasteiger partial charge in [0.25, 0.3) is 0 Å². The molecule has 0 atom stereocenters. The number of halogens is 1. The summed E-state index contributed by atoms with van der Waals surface area (Å²) in [5.41, 5.74) is 0.680. The summed E-state index contributed by atoms with van der Waals surface area (Å²) in [6.45, 7) is 0.849. The Morgan fingerprint density at radius 1 is 1.17 bits per heavy atom. The predicted molar refractivity (Wildman–Crippen MR) is 91.6 cm³/mol. The maximum absolute atomic E-state index is 12.1. The third-order valence-corrected chi connectivity index (χ3v) is 3.43. The van der Waals surface area contributed by atoms with E-state index < -0.39 is 0 Å². The van der Waals surface area contributed by atoms with Crippen molar-refractivity contribution in [3.8, 4) is 11.5 Å². The van der Waals surface area contributed by atoms with Crippen molar-refractivity contribution < 1.29 is 14.3 Å². The quantitative estimate of drug-likeness (QED) is 0.871. The van der Waals surface area contributed by atoms with E-state index >= 15 is 0 Å². The van der Waals surface area contributed by atoms with Crippen LogP contribution in [0.5, 0.6) is 11.5 Å². The Balaban J connectivity index is 1.79. The van der Waals surface area contributed by atoms with Crippen LogP contribution in [0.4, 0.5) is 10.5 Å². The molecule has 0 fully saturated rings. The van der Waals surface area contributed by atoms with Crippen molar-refractivity contribution in [1.29, 1.82) is 0 Å². The van der Waals surface area contributed by atoms with Gasteiger partial charge in [-0.25, -0.2) is 4.79 Å². The van der Waals surface area contributed by atoms with Gasteiger partial charge in [0, 0.05) is 23.8 Å². The number of hydrogen-bond acceptors (Lipinski definition) is 3. The maximum atomic E-state index is 12.1. The molecule has 0 aliphatic heterocycles. The van der Waals surface area contributed by atoms with Crippen molar-refractivity contribution in [3.05, 3.63) is 53.6 Å². The van der Waals surface area contributed by atoms with E-state index in [1.807, 2.05) is 12.1 Å². The number of rotatable bonds is 6. The maximum Gasteiger partial charge on any atom is 0.321 e. The summed E-state index contributed by atoms with van der Waals surface area (Å²) in [6, 6.07) is 14.1. The second kappa shape index (κ2) is 8.29. The van der Waals surface area contributed by atoms with Crippen LogP contribution < -0.4 is 14.8 Å². The van der Waals surface area contributed by atoms with E-state index in [1.165, 1.54) is 0 Å². The van der Waals surface area contributed by atoms with Crippen LogP contribution in [0.1, 0.15) is 0 Å². The van der Waals surface area contributed by atoms with Gasteiger partial charge in [-0.05, 0) is 36.4 Å². The van der Waals surface area contributed by atoms with E-state index in [0.717, 1.165) is 5.75 Å². The van der Waals surface area contributed by atoms with Crippen LogP contribution in [-0.2, 0) is 0 Å². The van der Waals surface area contributed by atoms with Crippen LogP contribution in [-0.4, -0.2) is 38.2 Å². The van der Waals surface area contributed by atoms with Crippen LogP contribution in [0.25, 0.3) is 0 Å². The van der Waals surface area contributed by atoms with Gasteiger partial charge in [0.1, 0.15) is 18.1 Å². The number of amides is 2. The third-order valence-electron chi connectivity index (χ3n) is 3.18. The predicted octanol–water partition coefficient (Wildman–Crippen LogP) is 3.89. The molecule has 2 rings (SSSR count). The van der Waals surface area contributed by atoms with Crippen LogP contribution in [0.15, 0.2) is 48.5 Å². The lowest BCUT2D eigenvalue weighted by atomic mass is 10.3. The lowest BCUT2D eigenvalue weighted by Gasteiger charge is -2.18. The first kappa shape index (κ1) is 17.0. The van der Waals surface area contributed by atoms with Gasteiger partial charge in [0.2, 0.25) is 0 Å². The third kappa shape index (κ3) is 5.38. The Kier molecular flexibility index (Phi) is 6.11. The average Bonchev–Trinajstić information content (AvgIpc) is 2.56. The summed E-state index contributed by atoms with van der Waals surface area (Å²) < 4.78 is 10.7. The number of carbonyl (C=O) groups excluding carboxylic acids is 1. The minimum absolute atomic E-state index is 0.210. The molecule has 0 spiro atoms. The molecule has 0 heterocycles. The molecule has 23 heavy (non-hydrogen) atoms. The number of carbonyl (C=O) groups is 1. The number of likely N-dealkylation sites (N-methyl/N-ethyl adjacent to an activating group) is 1. The lowest BCUT2D eigenvalue weighted by Crippen LogP contribution is -2.34. The molecule has 0 aliphatic carbocycles. The monoisotopic (exact) mass is 334 g/mol. The van der Waals surface area contributed by atoms with Gasteiger partial charge in [0.15, 0.2) is 0 Å². The summed E-state index contributed by atoms with van der Waals surface area (Å²) in [4.78, 5) is 13.7. The molecule has 6 heteroatoms. The van der Waals surface area contributed by atoms with Crippen molar-refractivity contribution in [2.24, 2.45) is 0 Å². The van der Waals surface area contributed by atoms with Gasteiger partial charge in [-0.2, -0.15) is 0 Å². The summed E-state index contributed by atoms with van der Waals surface area (Å²) in [5.74, 6) is 1.41. The fraction of sp³-hybridized carbons (Fsp3) is 0.235. The smallest absolute Gasteiger partial charge is 0.321 e. The molecule has 2 aromatic carbocycles. The first-order valence-corrected chi connectivity index (χ1v) is 7.51. The normalized spacial score (nSPS) is 10.0. The van der Waals surface area contributed by atoms with Crippen molar-refractivity contribution in [1.82, 2.24) is 4.90 Å². The molecule has 2 aromatic rings. The zero-order chi connectivity index (χ0) is 16.7. The van der Waals surface area contributed by atoms with E-state index in [1.54, 1.807) is 55.5 Å². The molecular formula is C17H19ClN2O3. The molecule has 0 radical (unpaired) electrons. The Labute approximate surface area is 140 Å². The number of hydrogen-bond donors (Lipinski definition) is 1. The lowest BCUT2D eigenvalue weighted by molar-refractivity contribution is 0.207. The minimum Gasteiger partial charge on any atom is -0.497 e. The average molecular weight is 335 g/mol. The first-order valence-electron chi connectivity index (χ1n) is 7.13. The Hall–Kier alpha value is -2.40. The highest BCUT2D eigenvalue weighted by molar-refractivity contribution is 6.30. The summed E-state index contributed by atoms with van der Waals surface area (Å²) in [6.07, 6.45) is 0. The molecule has 0 aromatic heterocycles. The minimum atomic E-state index is -0.210. The highest BCUT2D eigenvalue weighted by Gasteiger charge is 2.09. The summed E-state index contributed by atoms with van der Waals surface area (Å²) >= 11 is 5.81.